The number of rotatable bonds is 0. The maximum absolute atomic E-state index is 12.4. The van der Waals surface area contributed by atoms with Crippen molar-refractivity contribution in [2.45, 2.75) is 31.6 Å². The molecule has 16 heavy (non-hydrogen) atoms. The van der Waals surface area contributed by atoms with Crippen LogP contribution >= 0.6 is 24.8 Å². The molecule has 0 saturated heterocycles. The highest BCUT2D eigenvalue weighted by Crippen LogP contribution is 2.29. The third-order valence-electron chi connectivity index (χ3n) is 2.25. The van der Waals surface area contributed by atoms with Crippen molar-refractivity contribution in [1.29, 1.82) is 0 Å². The predicted molar refractivity (Wildman–Crippen MR) is 55.8 cm³/mol. The van der Waals surface area contributed by atoms with Crippen molar-refractivity contribution >= 4 is 24.8 Å². The molecule has 1 atom stereocenters. The largest absolute Gasteiger partial charge is 0.451 e. The Kier molecular flexibility index (Phi) is 5.03. The number of hydrogen-bond acceptors (Lipinski definition) is 3. The molecule has 2 rings (SSSR count). The zero-order valence-corrected chi connectivity index (χ0v) is 9.70. The third kappa shape index (κ3) is 2.78. The number of halogens is 5. The van der Waals surface area contributed by atoms with Crippen molar-refractivity contribution < 1.29 is 13.2 Å². The number of alkyl halides is 3. The molecule has 0 fully saturated rings. The zero-order chi connectivity index (χ0) is 10.3. The number of hydrogen-bond donors (Lipinski definition) is 1. The fourth-order valence-corrected chi connectivity index (χ4v) is 1.56. The Bertz CT molecular complexity index is 352. The second kappa shape index (κ2) is 5.20. The van der Waals surface area contributed by atoms with Gasteiger partial charge in [-0.25, -0.2) is 0 Å². The Balaban J connectivity index is 0.00000112. The van der Waals surface area contributed by atoms with E-state index in [1.165, 1.54) is 0 Å². The van der Waals surface area contributed by atoms with Crippen LogP contribution in [0.2, 0.25) is 0 Å². The van der Waals surface area contributed by atoms with E-state index in [0.717, 1.165) is 4.57 Å². The lowest BCUT2D eigenvalue weighted by molar-refractivity contribution is -0.147. The van der Waals surface area contributed by atoms with Crippen molar-refractivity contribution in [1.82, 2.24) is 14.8 Å². The molecule has 2 heterocycles. The summed E-state index contributed by atoms with van der Waals surface area (Å²) in [7, 11) is 0. The highest BCUT2D eigenvalue weighted by atomic mass is 35.5. The van der Waals surface area contributed by atoms with E-state index in [1.807, 2.05) is 0 Å². The summed E-state index contributed by atoms with van der Waals surface area (Å²) in [5, 5.41) is 6.62. The van der Waals surface area contributed by atoms with Crippen molar-refractivity contribution in [2.24, 2.45) is 5.73 Å². The third-order valence-corrected chi connectivity index (χ3v) is 2.25. The molecule has 0 spiro atoms. The van der Waals surface area contributed by atoms with Crippen molar-refractivity contribution in [2.75, 3.05) is 0 Å². The first-order valence-corrected chi connectivity index (χ1v) is 4.23. The number of nitrogens with zero attached hydrogens (tertiary/aromatic N) is 3. The molecule has 0 saturated carbocycles. The fraction of sp³-hybridized carbons (Fsp3) is 0.714. The molecule has 1 aliphatic heterocycles. The molecular formula is C7H11Cl2F3N4. The summed E-state index contributed by atoms with van der Waals surface area (Å²) in [4.78, 5) is 0. The number of fused-ring (bicyclic) bond motifs is 1. The van der Waals surface area contributed by atoms with Crippen molar-refractivity contribution in [3.8, 4) is 0 Å². The van der Waals surface area contributed by atoms with Crippen LogP contribution < -0.4 is 5.73 Å². The molecule has 1 aromatic rings. The van der Waals surface area contributed by atoms with Crippen LogP contribution in [0.3, 0.4) is 0 Å². The molecule has 0 aliphatic carbocycles. The molecule has 9 heteroatoms. The van der Waals surface area contributed by atoms with E-state index >= 15 is 0 Å². The summed E-state index contributed by atoms with van der Waals surface area (Å²) < 4.78 is 38.2. The minimum absolute atomic E-state index is 0. The monoisotopic (exact) mass is 278 g/mol. The first-order valence-electron chi connectivity index (χ1n) is 4.23. The van der Waals surface area contributed by atoms with Crippen LogP contribution in [0.25, 0.3) is 0 Å². The average molecular weight is 279 g/mol. The standard InChI is InChI=1S/C7H9F3N4.2ClH/c8-7(9,10)6-13-12-5-3-4(11)1-2-14(5)6;;/h4H,1-3,11H2;2*1H. The summed E-state index contributed by atoms with van der Waals surface area (Å²) in [6.45, 7) is 0.248. The van der Waals surface area contributed by atoms with Gasteiger partial charge in [0.05, 0.1) is 0 Å². The van der Waals surface area contributed by atoms with Crippen LogP contribution in [0.5, 0.6) is 0 Å². The van der Waals surface area contributed by atoms with Gasteiger partial charge >= 0.3 is 6.18 Å². The van der Waals surface area contributed by atoms with Gasteiger partial charge in [0.1, 0.15) is 5.82 Å². The highest BCUT2D eigenvalue weighted by molar-refractivity contribution is 5.85. The minimum atomic E-state index is -4.42. The van der Waals surface area contributed by atoms with Gasteiger partial charge in [-0.2, -0.15) is 13.2 Å². The maximum Gasteiger partial charge on any atom is 0.451 e. The molecule has 94 valence electrons. The summed E-state index contributed by atoms with van der Waals surface area (Å²) in [6, 6.07) is -0.104. The molecule has 0 radical (unpaired) electrons. The Morgan fingerprint density at radius 2 is 1.88 bits per heavy atom. The topological polar surface area (TPSA) is 56.7 Å². The highest BCUT2D eigenvalue weighted by Gasteiger charge is 2.39. The predicted octanol–water partition coefficient (Wildman–Crippen LogP) is 1.41. The van der Waals surface area contributed by atoms with E-state index in [9.17, 15) is 13.2 Å². The van der Waals surface area contributed by atoms with Crippen molar-refractivity contribution in [3.05, 3.63) is 11.6 Å². The van der Waals surface area contributed by atoms with Crippen LogP contribution in [0.1, 0.15) is 18.1 Å². The lowest BCUT2D eigenvalue weighted by atomic mass is 10.1. The van der Waals surface area contributed by atoms with Crippen LogP contribution in [0, 0.1) is 0 Å². The van der Waals surface area contributed by atoms with Gasteiger partial charge in [-0.15, -0.1) is 35.0 Å². The average Bonchev–Trinajstić information content (AvgIpc) is 2.45. The van der Waals surface area contributed by atoms with Gasteiger partial charge in [-0.1, -0.05) is 0 Å². The van der Waals surface area contributed by atoms with E-state index in [0.29, 0.717) is 18.7 Å². The Hall–Kier alpha value is -0.530. The van der Waals surface area contributed by atoms with Gasteiger partial charge in [0.2, 0.25) is 5.82 Å². The minimum Gasteiger partial charge on any atom is -0.327 e. The summed E-state index contributed by atoms with van der Waals surface area (Å²) in [6.07, 6.45) is -3.52. The Morgan fingerprint density at radius 3 is 2.44 bits per heavy atom. The molecule has 0 bridgehead atoms. The van der Waals surface area contributed by atoms with Crippen LogP contribution in [0.15, 0.2) is 0 Å². The van der Waals surface area contributed by atoms with E-state index < -0.39 is 12.0 Å². The van der Waals surface area contributed by atoms with Crippen molar-refractivity contribution in [3.63, 3.8) is 0 Å². The number of nitrogens with two attached hydrogens (primary N) is 1. The molecule has 0 aromatic carbocycles. The van der Waals surface area contributed by atoms with Crippen LogP contribution in [-0.2, 0) is 19.1 Å². The maximum atomic E-state index is 12.4. The number of aromatic nitrogens is 3. The van der Waals surface area contributed by atoms with Gasteiger partial charge in [0.15, 0.2) is 0 Å². The summed E-state index contributed by atoms with van der Waals surface area (Å²) in [5.41, 5.74) is 5.61. The van der Waals surface area contributed by atoms with Gasteiger partial charge in [-0.05, 0) is 6.42 Å². The van der Waals surface area contributed by atoms with E-state index in [-0.39, 0.29) is 37.4 Å². The molecule has 4 nitrogen and oxygen atoms in total. The van der Waals surface area contributed by atoms with Crippen LogP contribution in [-0.4, -0.2) is 20.8 Å². The molecule has 1 aromatic heterocycles. The molecule has 1 unspecified atom stereocenters. The quantitative estimate of drug-likeness (QED) is 0.781. The molecule has 0 amide bonds. The lowest BCUT2D eigenvalue weighted by Gasteiger charge is -2.20. The van der Waals surface area contributed by atoms with Gasteiger partial charge in [0, 0.05) is 19.0 Å². The Labute approximate surface area is 102 Å². The zero-order valence-electron chi connectivity index (χ0n) is 8.07. The van der Waals surface area contributed by atoms with Gasteiger partial charge in [-0.3, -0.25) is 0 Å². The molecular weight excluding hydrogens is 268 g/mol. The van der Waals surface area contributed by atoms with Gasteiger partial charge in [0.25, 0.3) is 0 Å². The first kappa shape index (κ1) is 15.5. The lowest BCUT2D eigenvalue weighted by Crippen LogP contribution is -2.32. The Morgan fingerprint density at radius 1 is 1.25 bits per heavy atom. The van der Waals surface area contributed by atoms with Crippen LogP contribution in [0.4, 0.5) is 13.2 Å². The smallest absolute Gasteiger partial charge is 0.327 e. The SMILES string of the molecule is Cl.Cl.NC1CCn2c(nnc2C(F)(F)F)C1. The summed E-state index contributed by atoms with van der Waals surface area (Å²) >= 11 is 0. The molecule has 1 aliphatic rings. The van der Waals surface area contributed by atoms with E-state index in [2.05, 4.69) is 10.2 Å². The second-order valence-electron chi connectivity index (χ2n) is 3.34. The first-order chi connectivity index (χ1) is 6.48. The molecule has 2 N–H and O–H groups in total. The van der Waals surface area contributed by atoms with E-state index in [4.69, 9.17) is 5.73 Å². The normalized spacial score (nSPS) is 19.4. The fourth-order valence-electron chi connectivity index (χ4n) is 1.56. The second-order valence-corrected chi connectivity index (χ2v) is 3.34. The van der Waals surface area contributed by atoms with E-state index in [1.54, 1.807) is 0 Å². The summed E-state index contributed by atoms with van der Waals surface area (Å²) in [5.74, 6) is -0.588. The van der Waals surface area contributed by atoms with Gasteiger partial charge < -0.3 is 10.3 Å².